The molecule has 96 valence electrons. The standard InChI is InChI=1S/C15H24O2/c1-11(2)10-14(16)17-15(12(3)4)8-6-13(5)7-9-15/h6,11H,3,7-10H2,1-2,4-5H3/t15-/m0/s1. The Morgan fingerprint density at radius 3 is 2.65 bits per heavy atom. The van der Waals surface area contributed by atoms with Crippen LogP contribution in [0.5, 0.6) is 0 Å². The summed E-state index contributed by atoms with van der Waals surface area (Å²) in [4.78, 5) is 11.8. The van der Waals surface area contributed by atoms with E-state index in [-0.39, 0.29) is 5.97 Å². The first-order valence-corrected chi connectivity index (χ1v) is 6.39. The van der Waals surface area contributed by atoms with Gasteiger partial charge in [-0.05, 0) is 38.2 Å². The molecule has 0 aromatic heterocycles. The Bertz CT molecular complexity index is 339. The van der Waals surface area contributed by atoms with Gasteiger partial charge in [0.25, 0.3) is 0 Å². The molecule has 1 rings (SSSR count). The molecule has 0 radical (unpaired) electrons. The van der Waals surface area contributed by atoms with Gasteiger partial charge in [-0.25, -0.2) is 0 Å². The van der Waals surface area contributed by atoms with Crippen LogP contribution in [0.4, 0.5) is 0 Å². The van der Waals surface area contributed by atoms with Crippen molar-refractivity contribution in [3.63, 3.8) is 0 Å². The van der Waals surface area contributed by atoms with Crippen molar-refractivity contribution in [3.8, 4) is 0 Å². The molecule has 17 heavy (non-hydrogen) atoms. The maximum Gasteiger partial charge on any atom is 0.306 e. The van der Waals surface area contributed by atoms with E-state index in [9.17, 15) is 4.79 Å². The van der Waals surface area contributed by atoms with Crippen molar-refractivity contribution < 1.29 is 9.53 Å². The third kappa shape index (κ3) is 3.72. The molecule has 0 aromatic rings. The number of carbonyl (C=O) groups excluding carboxylic acids is 1. The van der Waals surface area contributed by atoms with Crippen LogP contribution in [-0.4, -0.2) is 11.6 Å². The molecular formula is C15H24O2. The highest BCUT2D eigenvalue weighted by atomic mass is 16.6. The summed E-state index contributed by atoms with van der Waals surface area (Å²) < 4.78 is 5.72. The summed E-state index contributed by atoms with van der Waals surface area (Å²) in [6.45, 7) is 12.1. The second-order valence-electron chi connectivity index (χ2n) is 5.60. The third-order valence-electron chi connectivity index (χ3n) is 3.37. The van der Waals surface area contributed by atoms with E-state index in [0.29, 0.717) is 12.3 Å². The fourth-order valence-corrected chi connectivity index (χ4v) is 2.10. The lowest BCUT2D eigenvalue weighted by Gasteiger charge is -2.36. The van der Waals surface area contributed by atoms with Gasteiger partial charge in [-0.15, -0.1) is 0 Å². The Kier molecular flexibility index (Phi) is 4.55. The van der Waals surface area contributed by atoms with Crippen LogP contribution in [0.3, 0.4) is 0 Å². The smallest absolute Gasteiger partial charge is 0.306 e. The Morgan fingerprint density at radius 1 is 1.59 bits per heavy atom. The van der Waals surface area contributed by atoms with Crippen LogP contribution >= 0.6 is 0 Å². The van der Waals surface area contributed by atoms with E-state index in [2.05, 4.69) is 19.6 Å². The van der Waals surface area contributed by atoms with Crippen LogP contribution in [0, 0.1) is 5.92 Å². The predicted molar refractivity (Wildman–Crippen MR) is 70.7 cm³/mol. The molecule has 0 saturated heterocycles. The van der Waals surface area contributed by atoms with E-state index < -0.39 is 5.60 Å². The summed E-state index contributed by atoms with van der Waals surface area (Å²) in [6, 6.07) is 0. The minimum atomic E-state index is -0.453. The fraction of sp³-hybridized carbons (Fsp3) is 0.667. The number of rotatable bonds is 4. The Balaban J connectivity index is 2.74. The van der Waals surface area contributed by atoms with Gasteiger partial charge in [0.1, 0.15) is 5.60 Å². The molecule has 2 nitrogen and oxygen atoms in total. The second-order valence-corrected chi connectivity index (χ2v) is 5.60. The van der Waals surface area contributed by atoms with Crippen LogP contribution in [0.2, 0.25) is 0 Å². The predicted octanol–water partition coefficient (Wildman–Crippen LogP) is 4.02. The molecule has 0 bridgehead atoms. The molecule has 1 aliphatic rings. The van der Waals surface area contributed by atoms with Crippen molar-refractivity contribution in [2.24, 2.45) is 5.92 Å². The van der Waals surface area contributed by atoms with Gasteiger partial charge >= 0.3 is 5.97 Å². The van der Waals surface area contributed by atoms with E-state index >= 15 is 0 Å². The molecule has 0 aliphatic heterocycles. The van der Waals surface area contributed by atoms with E-state index in [0.717, 1.165) is 24.8 Å². The summed E-state index contributed by atoms with van der Waals surface area (Å²) in [7, 11) is 0. The molecule has 2 heteroatoms. The average Bonchev–Trinajstić information content (AvgIpc) is 2.20. The lowest BCUT2D eigenvalue weighted by molar-refractivity contribution is -0.157. The molecule has 0 saturated carbocycles. The lowest BCUT2D eigenvalue weighted by Crippen LogP contribution is -2.37. The Hall–Kier alpha value is -1.05. The molecule has 0 fully saturated rings. The second kappa shape index (κ2) is 5.52. The lowest BCUT2D eigenvalue weighted by atomic mass is 9.81. The summed E-state index contributed by atoms with van der Waals surface area (Å²) in [5.41, 5.74) is 1.88. The van der Waals surface area contributed by atoms with Gasteiger partial charge in [0, 0.05) is 12.8 Å². The zero-order chi connectivity index (χ0) is 13.1. The first-order valence-electron chi connectivity index (χ1n) is 6.39. The van der Waals surface area contributed by atoms with Gasteiger partial charge in [-0.2, -0.15) is 0 Å². The van der Waals surface area contributed by atoms with Crippen LogP contribution in [0.1, 0.15) is 53.4 Å². The number of hydrogen-bond donors (Lipinski definition) is 0. The van der Waals surface area contributed by atoms with E-state index in [1.165, 1.54) is 5.57 Å². The van der Waals surface area contributed by atoms with Gasteiger partial charge in [-0.1, -0.05) is 32.1 Å². The van der Waals surface area contributed by atoms with Crippen molar-refractivity contribution in [1.29, 1.82) is 0 Å². The topological polar surface area (TPSA) is 26.3 Å². The minimum absolute atomic E-state index is 0.101. The average molecular weight is 236 g/mol. The number of carbonyl (C=O) groups is 1. The number of allylic oxidation sites excluding steroid dienone is 1. The van der Waals surface area contributed by atoms with Crippen molar-refractivity contribution in [1.82, 2.24) is 0 Å². The van der Waals surface area contributed by atoms with Crippen molar-refractivity contribution in [3.05, 3.63) is 23.8 Å². The third-order valence-corrected chi connectivity index (χ3v) is 3.37. The Labute approximate surface area is 105 Å². The first kappa shape index (κ1) is 14.0. The highest BCUT2D eigenvalue weighted by Gasteiger charge is 2.36. The molecule has 0 unspecified atom stereocenters. The zero-order valence-corrected chi connectivity index (χ0v) is 11.5. The van der Waals surface area contributed by atoms with E-state index in [4.69, 9.17) is 4.74 Å². The van der Waals surface area contributed by atoms with Gasteiger partial charge in [-0.3, -0.25) is 4.79 Å². The number of ether oxygens (including phenoxy) is 1. The van der Waals surface area contributed by atoms with Crippen LogP contribution in [-0.2, 0) is 9.53 Å². The van der Waals surface area contributed by atoms with Crippen LogP contribution in [0.15, 0.2) is 23.8 Å². The SMILES string of the molecule is C=C(C)[C@]1(OC(=O)CC(C)C)CC=C(C)CC1. The van der Waals surface area contributed by atoms with Gasteiger partial charge in [0.05, 0.1) is 0 Å². The number of esters is 1. The normalized spacial score (nSPS) is 24.4. The van der Waals surface area contributed by atoms with E-state index in [1.807, 2.05) is 20.8 Å². The molecule has 0 aromatic carbocycles. The number of hydrogen-bond acceptors (Lipinski definition) is 2. The van der Waals surface area contributed by atoms with Crippen LogP contribution in [0.25, 0.3) is 0 Å². The molecule has 0 N–H and O–H groups in total. The van der Waals surface area contributed by atoms with Crippen molar-refractivity contribution in [2.45, 2.75) is 59.0 Å². The monoisotopic (exact) mass is 236 g/mol. The van der Waals surface area contributed by atoms with Gasteiger partial charge in [0.15, 0.2) is 0 Å². The molecule has 0 amide bonds. The highest BCUT2D eigenvalue weighted by Crippen LogP contribution is 2.36. The van der Waals surface area contributed by atoms with E-state index in [1.54, 1.807) is 0 Å². The van der Waals surface area contributed by atoms with Crippen LogP contribution < -0.4 is 0 Å². The van der Waals surface area contributed by atoms with Crippen molar-refractivity contribution >= 4 is 5.97 Å². The highest BCUT2D eigenvalue weighted by molar-refractivity contribution is 5.70. The molecule has 1 aliphatic carbocycles. The summed E-state index contributed by atoms with van der Waals surface area (Å²) in [5.74, 6) is 0.237. The summed E-state index contributed by atoms with van der Waals surface area (Å²) in [5, 5.41) is 0. The molecule has 1 atom stereocenters. The maximum absolute atomic E-state index is 11.8. The first-order chi connectivity index (χ1) is 7.85. The van der Waals surface area contributed by atoms with Gasteiger partial charge in [0.2, 0.25) is 0 Å². The zero-order valence-electron chi connectivity index (χ0n) is 11.5. The molecule has 0 heterocycles. The quantitative estimate of drug-likeness (QED) is 0.544. The Morgan fingerprint density at radius 2 is 2.24 bits per heavy atom. The summed E-state index contributed by atoms with van der Waals surface area (Å²) >= 11 is 0. The minimum Gasteiger partial charge on any atom is -0.454 e. The molecular weight excluding hydrogens is 212 g/mol. The largest absolute Gasteiger partial charge is 0.454 e. The summed E-state index contributed by atoms with van der Waals surface area (Å²) in [6.07, 6.45) is 5.28. The fourth-order valence-electron chi connectivity index (χ4n) is 2.10. The van der Waals surface area contributed by atoms with Gasteiger partial charge < -0.3 is 4.74 Å². The maximum atomic E-state index is 11.8. The van der Waals surface area contributed by atoms with Crippen molar-refractivity contribution in [2.75, 3.05) is 0 Å². The molecule has 0 spiro atoms.